The van der Waals surface area contributed by atoms with Gasteiger partial charge in [0.1, 0.15) is 41.2 Å². The minimum atomic E-state index is -0.932. The molecule has 6 heterocycles. The maximum Gasteiger partial charge on any atom is 0.319 e. The zero-order valence-electron chi connectivity index (χ0n) is 29.2. The number of rotatable bonds is 5. The fourth-order valence-corrected chi connectivity index (χ4v) is 9.70. The van der Waals surface area contributed by atoms with E-state index in [-0.39, 0.29) is 63.6 Å². The average molecular weight is 696 g/mol. The van der Waals surface area contributed by atoms with E-state index in [1.807, 2.05) is 6.20 Å². The number of ether oxygens (including phenoxy) is 1. The number of aromatic nitrogens is 4. The summed E-state index contributed by atoms with van der Waals surface area (Å²) in [5.74, 6) is 1.53. The molecular formula is C39H40F3N7O2. The van der Waals surface area contributed by atoms with Crippen molar-refractivity contribution >= 4 is 38.4 Å². The van der Waals surface area contributed by atoms with Crippen molar-refractivity contribution in [2.75, 3.05) is 38.2 Å². The summed E-state index contributed by atoms with van der Waals surface area (Å²) in [7, 11) is 3.90. The number of hydrogen-bond acceptors (Lipinski definition) is 8. The second kappa shape index (κ2) is 11.2. The highest BCUT2D eigenvalue weighted by molar-refractivity contribution is 6.18. The number of likely N-dealkylation sites (tertiary alicyclic amines) is 1. The second-order valence-electron chi connectivity index (χ2n) is 15.5. The van der Waals surface area contributed by atoms with Gasteiger partial charge < -0.3 is 14.7 Å². The Hall–Kier alpha value is -4.60. The molecule has 1 N–H and O–H groups in total. The molecule has 4 fully saturated rings. The molecule has 0 aliphatic carbocycles. The summed E-state index contributed by atoms with van der Waals surface area (Å²) in [6.45, 7) is 6.62. The Balaban J connectivity index is 1.32. The molecule has 4 aliphatic heterocycles. The van der Waals surface area contributed by atoms with E-state index in [2.05, 4.69) is 41.5 Å². The topological polar surface area (TPSA) is 82.8 Å². The minimum absolute atomic E-state index is 0.0152. The average Bonchev–Trinajstić information content (AvgIpc) is 3.84. The number of likely N-dealkylation sites (N-methyl/N-ethyl adjacent to an activating group) is 1. The first kappa shape index (κ1) is 32.3. The predicted molar refractivity (Wildman–Crippen MR) is 191 cm³/mol. The summed E-state index contributed by atoms with van der Waals surface area (Å²) in [5, 5.41) is 17.5. The van der Waals surface area contributed by atoms with E-state index in [0.717, 1.165) is 38.8 Å². The molecular weight excluding hydrogens is 655 g/mol. The number of piperazine rings is 1. The normalized spacial score (nSPS) is 26.1. The minimum Gasteiger partial charge on any atom is -0.508 e. The van der Waals surface area contributed by atoms with Gasteiger partial charge in [-0.05, 0) is 82.3 Å². The van der Waals surface area contributed by atoms with Gasteiger partial charge in [0.05, 0.1) is 16.5 Å². The molecule has 9 rings (SSSR count). The van der Waals surface area contributed by atoms with Crippen LogP contribution >= 0.6 is 0 Å². The largest absolute Gasteiger partial charge is 0.508 e. The number of halogens is 3. The van der Waals surface area contributed by atoms with E-state index in [0.29, 0.717) is 40.5 Å². The van der Waals surface area contributed by atoms with Crippen LogP contribution in [-0.2, 0) is 7.05 Å². The fourth-order valence-electron chi connectivity index (χ4n) is 9.70. The van der Waals surface area contributed by atoms with Crippen LogP contribution in [0.25, 0.3) is 43.7 Å². The molecule has 51 heavy (non-hydrogen) atoms. The van der Waals surface area contributed by atoms with Crippen molar-refractivity contribution in [3.8, 4) is 35.2 Å². The van der Waals surface area contributed by atoms with Crippen LogP contribution in [0.3, 0.4) is 0 Å². The number of phenolic OH excluding ortho intramolecular Hbond substituents is 1. The molecule has 0 spiro atoms. The van der Waals surface area contributed by atoms with Crippen molar-refractivity contribution in [3.63, 3.8) is 0 Å². The van der Waals surface area contributed by atoms with Gasteiger partial charge in [-0.2, -0.15) is 15.1 Å². The van der Waals surface area contributed by atoms with Crippen molar-refractivity contribution in [1.29, 1.82) is 0 Å². The number of hydrogen-bond donors (Lipinski definition) is 1. The van der Waals surface area contributed by atoms with Crippen molar-refractivity contribution < 1.29 is 23.0 Å². The van der Waals surface area contributed by atoms with Gasteiger partial charge >= 0.3 is 6.01 Å². The number of aryl methyl sites for hydroxylation is 1. The molecule has 4 aliphatic rings. The van der Waals surface area contributed by atoms with Crippen LogP contribution in [0.4, 0.5) is 19.0 Å². The smallest absolute Gasteiger partial charge is 0.319 e. The number of benzene rings is 3. The zero-order chi connectivity index (χ0) is 35.6. The van der Waals surface area contributed by atoms with Crippen LogP contribution in [0.5, 0.6) is 11.8 Å². The standard InChI is InChI=1S/C39H40F3N7O2/c1-6-25-28(41)10-8-21-14-24(50)15-26(30(21)25)31-33(42)35-32(27-19-47(5)45-34(27)31)36(49-23-9-11-29(49)38(2,3)46(4)18-23)44-37(43-35)51-20-39-12-7-13-48(39)17-22(40)16-39/h1,8,10,14-15,19,22-23,29,50H,7,9,11-13,16-18,20H2,2-5H3/t22-,23-,29+,39+/m1/s1. The number of alkyl halides is 1. The highest BCUT2D eigenvalue weighted by atomic mass is 19.1. The van der Waals surface area contributed by atoms with Crippen LogP contribution < -0.4 is 9.64 Å². The van der Waals surface area contributed by atoms with Gasteiger partial charge in [0, 0.05) is 66.7 Å². The van der Waals surface area contributed by atoms with E-state index < -0.39 is 23.3 Å². The third-order valence-electron chi connectivity index (χ3n) is 12.4. The monoisotopic (exact) mass is 695 g/mol. The Morgan fingerprint density at radius 2 is 1.90 bits per heavy atom. The number of fused-ring (bicyclic) bond motifs is 7. The molecule has 4 atom stereocenters. The maximum atomic E-state index is 17.7. The zero-order valence-corrected chi connectivity index (χ0v) is 29.2. The van der Waals surface area contributed by atoms with Crippen LogP contribution in [0.15, 0.2) is 30.5 Å². The summed E-state index contributed by atoms with van der Waals surface area (Å²) in [6, 6.07) is 5.83. The number of nitrogens with zero attached hydrogens (tertiary/aromatic N) is 7. The molecule has 3 aromatic carbocycles. The molecule has 0 saturated carbocycles. The van der Waals surface area contributed by atoms with Gasteiger partial charge in [-0.3, -0.25) is 14.5 Å². The van der Waals surface area contributed by atoms with Gasteiger partial charge in [0.25, 0.3) is 0 Å². The van der Waals surface area contributed by atoms with Crippen LogP contribution in [0.1, 0.15) is 51.5 Å². The summed E-state index contributed by atoms with van der Waals surface area (Å²) in [4.78, 5) is 16.7. The summed E-state index contributed by atoms with van der Waals surface area (Å²) >= 11 is 0. The quantitative estimate of drug-likeness (QED) is 0.214. The Labute approximate surface area is 294 Å². The highest BCUT2D eigenvalue weighted by Gasteiger charge is 2.52. The summed E-state index contributed by atoms with van der Waals surface area (Å²) in [6.07, 6.45) is 10.7. The molecule has 0 unspecified atom stereocenters. The summed E-state index contributed by atoms with van der Waals surface area (Å²) < 4.78 is 55.7. The van der Waals surface area contributed by atoms with Crippen molar-refractivity contribution in [2.45, 2.75) is 75.3 Å². The Bertz CT molecular complexity index is 2320. The number of aromatic hydroxyl groups is 1. The molecule has 0 amide bonds. The molecule has 5 aromatic rings. The van der Waals surface area contributed by atoms with E-state index in [9.17, 15) is 9.50 Å². The molecule has 2 aromatic heterocycles. The number of anilines is 1. The first-order valence-electron chi connectivity index (χ1n) is 17.7. The van der Waals surface area contributed by atoms with Gasteiger partial charge in [-0.1, -0.05) is 12.0 Å². The van der Waals surface area contributed by atoms with Crippen LogP contribution in [0.2, 0.25) is 0 Å². The Kier molecular flexibility index (Phi) is 7.10. The Morgan fingerprint density at radius 3 is 2.71 bits per heavy atom. The second-order valence-corrected chi connectivity index (χ2v) is 15.5. The Morgan fingerprint density at radius 1 is 1.08 bits per heavy atom. The molecule has 0 radical (unpaired) electrons. The van der Waals surface area contributed by atoms with Crippen molar-refractivity contribution in [2.24, 2.45) is 7.05 Å². The molecule has 4 saturated heterocycles. The molecule has 264 valence electrons. The lowest BCUT2D eigenvalue weighted by molar-refractivity contribution is 0.0971. The van der Waals surface area contributed by atoms with Crippen LogP contribution in [-0.4, -0.2) is 97.3 Å². The number of terminal acetylenes is 1. The molecule has 12 heteroatoms. The van der Waals surface area contributed by atoms with Crippen molar-refractivity contribution in [3.05, 3.63) is 47.7 Å². The fraction of sp³-hybridized carbons (Fsp3) is 0.462. The van der Waals surface area contributed by atoms with Gasteiger partial charge in [-0.25, -0.2) is 13.2 Å². The predicted octanol–water partition coefficient (Wildman–Crippen LogP) is 6.32. The first-order chi connectivity index (χ1) is 24.4. The first-order valence-corrected chi connectivity index (χ1v) is 17.7. The number of phenols is 1. The van der Waals surface area contributed by atoms with E-state index in [4.69, 9.17) is 26.2 Å². The maximum absolute atomic E-state index is 17.7. The molecule has 9 nitrogen and oxygen atoms in total. The lowest BCUT2D eigenvalue weighted by Crippen LogP contribution is -2.64. The van der Waals surface area contributed by atoms with E-state index >= 15 is 8.78 Å². The van der Waals surface area contributed by atoms with Crippen molar-refractivity contribution in [1.82, 2.24) is 29.5 Å². The highest BCUT2D eigenvalue weighted by Crippen LogP contribution is 2.49. The lowest BCUT2D eigenvalue weighted by Gasteiger charge is -2.51. The summed E-state index contributed by atoms with van der Waals surface area (Å²) in [5.41, 5.74) is -0.150. The van der Waals surface area contributed by atoms with E-state index in [1.165, 1.54) is 24.3 Å². The van der Waals surface area contributed by atoms with Gasteiger partial charge in [-0.15, -0.1) is 6.42 Å². The third-order valence-corrected chi connectivity index (χ3v) is 12.4. The van der Waals surface area contributed by atoms with Gasteiger partial charge in [0.15, 0.2) is 5.82 Å². The van der Waals surface area contributed by atoms with E-state index in [1.54, 1.807) is 11.7 Å². The van der Waals surface area contributed by atoms with Crippen LogP contribution in [0, 0.1) is 24.0 Å². The lowest BCUT2D eigenvalue weighted by atomic mass is 9.89. The third kappa shape index (κ3) is 4.66. The molecule has 2 bridgehead atoms. The SMILES string of the molecule is C#Cc1c(F)ccc2cc(O)cc(-c3c(F)c4nc(OC[C@@]56CCCN5C[C@H](F)C6)nc(N5[C@@H]6CC[C@H]5C(C)(C)N(C)C6)c4c4cn(C)nc34)c12. The van der Waals surface area contributed by atoms with Gasteiger partial charge in [0.2, 0.25) is 0 Å².